The summed E-state index contributed by atoms with van der Waals surface area (Å²) in [5.41, 5.74) is -0.156. The molecule has 0 N–H and O–H groups in total. The van der Waals surface area contributed by atoms with Gasteiger partial charge in [0.15, 0.2) is 11.5 Å². The first-order valence-corrected chi connectivity index (χ1v) is 10.4. The van der Waals surface area contributed by atoms with Crippen LogP contribution >= 0.6 is 0 Å². The van der Waals surface area contributed by atoms with Gasteiger partial charge < -0.3 is 19.3 Å². The second kappa shape index (κ2) is 9.93. The molecule has 1 aliphatic heterocycles. The summed E-state index contributed by atoms with van der Waals surface area (Å²) < 4.78 is 49.2. The number of ether oxygens (including phenoxy) is 2. The molecule has 0 aliphatic carbocycles. The Balaban J connectivity index is 1.63. The molecule has 2 aromatic rings. The molecule has 1 fully saturated rings. The van der Waals surface area contributed by atoms with Crippen LogP contribution in [0.25, 0.3) is 0 Å². The monoisotopic (exact) mass is 450 g/mol. The average molecular weight is 450 g/mol. The van der Waals surface area contributed by atoms with Gasteiger partial charge >= 0.3 is 6.18 Å². The van der Waals surface area contributed by atoms with Crippen molar-refractivity contribution in [2.24, 2.45) is 0 Å². The number of alkyl halides is 3. The second-order valence-corrected chi connectivity index (χ2v) is 7.19. The average Bonchev–Trinajstić information content (AvgIpc) is 2.79. The van der Waals surface area contributed by atoms with Gasteiger partial charge in [-0.2, -0.15) is 13.2 Å². The number of halogens is 3. The molecular weight excluding hydrogens is 425 g/mol. The van der Waals surface area contributed by atoms with Crippen LogP contribution < -0.4 is 9.47 Å². The predicted octanol–water partition coefficient (Wildman–Crippen LogP) is 4.10. The van der Waals surface area contributed by atoms with Crippen LogP contribution in [0, 0.1) is 0 Å². The van der Waals surface area contributed by atoms with E-state index in [-0.39, 0.29) is 17.4 Å². The van der Waals surface area contributed by atoms with Crippen molar-refractivity contribution in [2.45, 2.75) is 20.0 Å². The maximum absolute atomic E-state index is 12.9. The van der Waals surface area contributed by atoms with Crippen LogP contribution in [0.1, 0.15) is 40.1 Å². The van der Waals surface area contributed by atoms with E-state index < -0.39 is 11.7 Å². The molecule has 9 heteroatoms. The Hall–Kier alpha value is -3.23. The molecule has 32 heavy (non-hydrogen) atoms. The van der Waals surface area contributed by atoms with Gasteiger partial charge in [-0.15, -0.1) is 0 Å². The van der Waals surface area contributed by atoms with Gasteiger partial charge in [0.1, 0.15) is 0 Å². The van der Waals surface area contributed by atoms with E-state index in [1.54, 1.807) is 23.1 Å². The fraction of sp³-hybridized carbons (Fsp3) is 0.391. The van der Waals surface area contributed by atoms with E-state index in [1.165, 1.54) is 17.0 Å². The molecule has 1 saturated heterocycles. The van der Waals surface area contributed by atoms with Crippen molar-refractivity contribution < 1.29 is 32.2 Å². The van der Waals surface area contributed by atoms with Crippen LogP contribution in [0.15, 0.2) is 42.5 Å². The van der Waals surface area contributed by atoms with Crippen molar-refractivity contribution in [1.29, 1.82) is 0 Å². The van der Waals surface area contributed by atoms with Crippen LogP contribution in [0.2, 0.25) is 0 Å². The van der Waals surface area contributed by atoms with Crippen molar-refractivity contribution in [3.8, 4) is 11.5 Å². The van der Waals surface area contributed by atoms with Gasteiger partial charge in [-0.05, 0) is 56.3 Å². The van der Waals surface area contributed by atoms with E-state index >= 15 is 0 Å². The molecule has 0 aromatic heterocycles. The molecule has 0 atom stereocenters. The molecular formula is C23H25F3N2O4. The molecule has 3 rings (SSSR count). The topological polar surface area (TPSA) is 59.1 Å². The Labute approximate surface area is 184 Å². The number of rotatable bonds is 6. The van der Waals surface area contributed by atoms with Gasteiger partial charge in [-0.3, -0.25) is 9.59 Å². The highest BCUT2D eigenvalue weighted by molar-refractivity contribution is 5.96. The van der Waals surface area contributed by atoms with Crippen LogP contribution in [0.3, 0.4) is 0 Å². The van der Waals surface area contributed by atoms with Crippen molar-refractivity contribution in [2.75, 3.05) is 39.4 Å². The van der Waals surface area contributed by atoms with E-state index in [0.29, 0.717) is 56.5 Å². The zero-order valence-corrected chi connectivity index (χ0v) is 17.9. The summed E-state index contributed by atoms with van der Waals surface area (Å²) in [6.45, 7) is 5.84. The zero-order valence-electron chi connectivity index (χ0n) is 17.9. The number of hydrogen-bond acceptors (Lipinski definition) is 4. The lowest BCUT2D eigenvalue weighted by molar-refractivity contribution is -0.137. The Morgan fingerprint density at radius 2 is 1.25 bits per heavy atom. The fourth-order valence-corrected chi connectivity index (χ4v) is 3.46. The maximum Gasteiger partial charge on any atom is 0.416 e. The number of carbonyl (C=O) groups excluding carboxylic acids is 2. The Kier molecular flexibility index (Phi) is 7.27. The lowest BCUT2D eigenvalue weighted by Gasteiger charge is -2.35. The molecule has 0 spiro atoms. The van der Waals surface area contributed by atoms with Crippen LogP contribution in [-0.2, 0) is 6.18 Å². The summed E-state index contributed by atoms with van der Waals surface area (Å²) in [6.07, 6.45) is -4.45. The van der Waals surface area contributed by atoms with Gasteiger partial charge in [-0.1, -0.05) is 0 Å². The van der Waals surface area contributed by atoms with E-state index in [4.69, 9.17) is 9.47 Å². The molecule has 0 saturated carbocycles. The third-order valence-corrected chi connectivity index (χ3v) is 5.10. The van der Waals surface area contributed by atoms with Gasteiger partial charge in [0.2, 0.25) is 0 Å². The Bertz CT molecular complexity index is 953. The van der Waals surface area contributed by atoms with Crippen LogP contribution in [-0.4, -0.2) is 61.0 Å². The van der Waals surface area contributed by atoms with E-state index in [0.717, 1.165) is 12.1 Å². The van der Waals surface area contributed by atoms with Gasteiger partial charge in [0.25, 0.3) is 11.8 Å². The number of piperazine rings is 1. The first-order chi connectivity index (χ1) is 15.2. The van der Waals surface area contributed by atoms with E-state index in [9.17, 15) is 22.8 Å². The number of hydrogen-bond donors (Lipinski definition) is 0. The number of carbonyl (C=O) groups is 2. The van der Waals surface area contributed by atoms with Crippen molar-refractivity contribution >= 4 is 11.8 Å². The first kappa shape index (κ1) is 23.4. The zero-order chi connectivity index (χ0) is 23.3. The Morgan fingerprint density at radius 1 is 0.781 bits per heavy atom. The van der Waals surface area contributed by atoms with Crippen molar-refractivity contribution in [1.82, 2.24) is 9.80 Å². The predicted molar refractivity (Wildman–Crippen MR) is 112 cm³/mol. The smallest absolute Gasteiger partial charge is 0.416 e. The summed E-state index contributed by atoms with van der Waals surface area (Å²) in [4.78, 5) is 28.7. The van der Waals surface area contributed by atoms with Crippen LogP contribution in [0.4, 0.5) is 13.2 Å². The highest BCUT2D eigenvalue weighted by Gasteiger charge is 2.31. The number of amides is 2. The Morgan fingerprint density at radius 3 is 1.75 bits per heavy atom. The molecule has 1 heterocycles. The minimum atomic E-state index is -4.45. The lowest BCUT2D eigenvalue weighted by atomic mass is 10.1. The van der Waals surface area contributed by atoms with Crippen molar-refractivity contribution in [3.63, 3.8) is 0 Å². The number of nitrogens with zero attached hydrogens (tertiary/aromatic N) is 2. The summed E-state index contributed by atoms with van der Waals surface area (Å²) in [5, 5.41) is 0. The lowest BCUT2D eigenvalue weighted by Crippen LogP contribution is -2.50. The third-order valence-electron chi connectivity index (χ3n) is 5.10. The quantitative estimate of drug-likeness (QED) is 0.665. The van der Waals surface area contributed by atoms with Gasteiger partial charge in [0, 0.05) is 37.3 Å². The van der Waals surface area contributed by atoms with E-state index in [2.05, 4.69) is 0 Å². The minimum Gasteiger partial charge on any atom is -0.490 e. The normalized spacial score (nSPS) is 14.3. The molecule has 1 aliphatic rings. The first-order valence-electron chi connectivity index (χ1n) is 10.4. The fourth-order valence-electron chi connectivity index (χ4n) is 3.46. The number of benzene rings is 2. The largest absolute Gasteiger partial charge is 0.490 e. The maximum atomic E-state index is 12.9. The molecule has 2 amide bonds. The highest BCUT2D eigenvalue weighted by Crippen LogP contribution is 2.30. The molecule has 0 bridgehead atoms. The van der Waals surface area contributed by atoms with Crippen LogP contribution in [0.5, 0.6) is 11.5 Å². The minimum absolute atomic E-state index is 0.185. The standard InChI is InChI=1S/C23H25F3N2O4/c1-3-31-19-10-7-17(15-20(19)32-4-2)22(30)28-13-11-27(12-14-28)21(29)16-5-8-18(9-6-16)23(24,25)26/h5-10,15H,3-4,11-14H2,1-2H3. The molecule has 6 nitrogen and oxygen atoms in total. The molecule has 2 aromatic carbocycles. The molecule has 0 radical (unpaired) electrons. The SMILES string of the molecule is CCOc1ccc(C(=O)N2CCN(C(=O)c3ccc(C(F)(F)F)cc3)CC2)cc1OCC. The summed E-state index contributed by atoms with van der Waals surface area (Å²) >= 11 is 0. The van der Waals surface area contributed by atoms with E-state index in [1.807, 2.05) is 13.8 Å². The highest BCUT2D eigenvalue weighted by atomic mass is 19.4. The second-order valence-electron chi connectivity index (χ2n) is 7.19. The van der Waals surface area contributed by atoms with Crippen molar-refractivity contribution in [3.05, 3.63) is 59.2 Å². The molecule has 172 valence electrons. The van der Waals surface area contributed by atoms with Gasteiger partial charge in [0.05, 0.1) is 18.8 Å². The summed E-state index contributed by atoms with van der Waals surface area (Å²) in [6, 6.07) is 9.18. The summed E-state index contributed by atoms with van der Waals surface area (Å²) in [7, 11) is 0. The molecule has 0 unspecified atom stereocenters. The third kappa shape index (κ3) is 5.33. The van der Waals surface area contributed by atoms with Gasteiger partial charge in [-0.25, -0.2) is 0 Å². The summed E-state index contributed by atoms with van der Waals surface area (Å²) in [5.74, 6) is 0.523.